The van der Waals surface area contributed by atoms with Crippen molar-refractivity contribution in [1.82, 2.24) is 20.1 Å². The van der Waals surface area contributed by atoms with Crippen LogP contribution >= 0.6 is 23.4 Å². The van der Waals surface area contributed by atoms with Gasteiger partial charge < -0.3 is 15.0 Å². The zero-order chi connectivity index (χ0) is 21.5. The monoisotopic (exact) mass is 445 g/mol. The molecule has 0 saturated carbocycles. The molecular weight excluding hydrogens is 426 g/mol. The lowest BCUT2D eigenvalue weighted by atomic mass is 10.2. The molecule has 2 amide bonds. The summed E-state index contributed by atoms with van der Waals surface area (Å²) in [7, 11) is 3.17. The predicted octanol–water partition coefficient (Wildman–Crippen LogP) is 3.32. The molecule has 0 saturated heterocycles. The van der Waals surface area contributed by atoms with E-state index in [0.29, 0.717) is 21.7 Å². The summed E-state index contributed by atoms with van der Waals surface area (Å²) in [4.78, 5) is 30.2. The van der Waals surface area contributed by atoms with Crippen LogP contribution in [0.1, 0.15) is 0 Å². The normalized spacial score (nSPS) is 10.5. The van der Waals surface area contributed by atoms with Gasteiger partial charge in [-0.3, -0.25) is 14.7 Å². The van der Waals surface area contributed by atoms with Crippen LogP contribution in [0.3, 0.4) is 0 Å². The minimum absolute atomic E-state index is 0.0876. The van der Waals surface area contributed by atoms with Crippen molar-refractivity contribution >= 4 is 40.9 Å². The van der Waals surface area contributed by atoms with Crippen LogP contribution in [-0.2, 0) is 9.59 Å². The Morgan fingerprint density at radius 2 is 1.93 bits per heavy atom. The minimum Gasteiger partial charge on any atom is -0.497 e. The summed E-state index contributed by atoms with van der Waals surface area (Å²) in [6, 6.07) is 14.3. The average Bonchev–Trinajstić information content (AvgIpc) is 3.22. The van der Waals surface area contributed by atoms with Gasteiger partial charge in [0.15, 0.2) is 5.82 Å². The quantitative estimate of drug-likeness (QED) is 0.516. The third kappa shape index (κ3) is 5.74. The zero-order valence-electron chi connectivity index (χ0n) is 16.4. The molecule has 0 bridgehead atoms. The minimum atomic E-state index is -0.330. The third-order valence-corrected chi connectivity index (χ3v) is 5.27. The first-order valence-corrected chi connectivity index (χ1v) is 10.3. The second kappa shape index (κ2) is 10.1. The van der Waals surface area contributed by atoms with Crippen LogP contribution in [0.2, 0.25) is 5.02 Å². The highest BCUT2D eigenvalue weighted by Gasteiger charge is 2.16. The molecule has 3 aromatic rings. The van der Waals surface area contributed by atoms with E-state index in [9.17, 15) is 9.59 Å². The number of halogens is 1. The van der Waals surface area contributed by atoms with E-state index in [1.165, 1.54) is 16.7 Å². The number of hydrogen-bond acceptors (Lipinski definition) is 6. The van der Waals surface area contributed by atoms with Crippen LogP contribution in [0.5, 0.6) is 5.75 Å². The summed E-state index contributed by atoms with van der Waals surface area (Å²) >= 11 is 7.22. The number of carbonyl (C=O) groups is 2. The van der Waals surface area contributed by atoms with Crippen molar-refractivity contribution in [2.75, 3.05) is 31.8 Å². The fraction of sp³-hybridized carbons (Fsp3) is 0.200. The van der Waals surface area contributed by atoms with Gasteiger partial charge in [-0.05, 0) is 36.4 Å². The number of aromatic nitrogens is 3. The number of ether oxygens (including phenoxy) is 1. The van der Waals surface area contributed by atoms with Gasteiger partial charge in [0, 0.05) is 12.6 Å². The molecule has 30 heavy (non-hydrogen) atoms. The van der Waals surface area contributed by atoms with E-state index in [-0.39, 0.29) is 24.1 Å². The number of nitrogens with one attached hydrogen (secondary N) is 2. The molecule has 0 spiro atoms. The van der Waals surface area contributed by atoms with Crippen molar-refractivity contribution < 1.29 is 14.3 Å². The van der Waals surface area contributed by atoms with Crippen LogP contribution in [-0.4, -0.2) is 58.4 Å². The van der Waals surface area contributed by atoms with Crippen molar-refractivity contribution in [2.24, 2.45) is 0 Å². The number of rotatable bonds is 8. The fourth-order valence-corrected chi connectivity index (χ4v) is 3.40. The lowest BCUT2D eigenvalue weighted by Gasteiger charge is -2.16. The Morgan fingerprint density at radius 1 is 1.20 bits per heavy atom. The van der Waals surface area contributed by atoms with Gasteiger partial charge in [0.25, 0.3) is 0 Å². The number of H-pyrrole nitrogens is 1. The van der Waals surface area contributed by atoms with Crippen molar-refractivity contribution in [3.05, 3.63) is 53.6 Å². The standard InChI is InChI=1S/C20H20ClN5O3S/c1-26(11-17(27)22-16-6-4-3-5-15(16)21)18(28)12-30-20-23-19(24-25-20)13-7-9-14(29-2)10-8-13/h3-10H,11-12H2,1-2H3,(H,22,27)(H,23,24,25). The molecule has 0 atom stereocenters. The molecule has 156 valence electrons. The molecule has 3 rings (SSSR count). The summed E-state index contributed by atoms with van der Waals surface area (Å²) in [5.41, 5.74) is 1.36. The predicted molar refractivity (Wildman–Crippen MR) is 117 cm³/mol. The van der Waals surface area contributed by atoms with E-state index in [1.54, 1.807) is 38.4 Å². The molecule has 1 heterocycles. The lowest BCUT2D eigenvalue weighted by Crippen LogP contribution is -2.36. The van der Waals surface area contributed by atoms with Crippen LogP contribution in [0, 0.1) is 0 Å². The molecule has 0 fully saturated rings. The number of carbonyl (C=O) groups excluding carboxylic acids is 2. The summed E-state index contributed by atoms with van der Waals surface area (Å²) < 4.78 is 5.14. The number of nitrogens with zero attached hydrogens (tertiary/aromatic N) is 3. The van der Waals surface area contributed by atoms with Gasteiger partial charge in [-0.2, -0.15) is 0 Å². The maximum atomic E-state index is 12.3. The van der Waals surface area contributed by atoms with E-state index in [1.807, 2.05) is 24.3 Å². The number of likely N-dealkylation sites (N-methyl/N-ethyl adjacent to an activating group) is 1. The second-order valence-electron chi connectivity index (χ2n) is 6.26. The first-order valence-electron chi connectivity index (χ1n) is 8.94. The molecule has 0 aliphatic heterocycles. The number of methoxy groups -OCH3 is 1. The van der Waals surface area contributed by atoms with E-state index >= 15 is 0 Å². The van der Waals surface area contributed by atoms with Gasteiger partial charge in [-0.1, -0.05) is 35.5 Å². The number of anilines is 1. The number of para-hydroxylation sites is 1. The van der Waals surface area contributed by atoms with E-state index < -0.39 is 0 Å². The van der Waals surface area contributed by atoms with Crippen LogP contribution in [0.4, 0.5) is 5.69 Å². The topological polar surface area (TPSA) is 100 Å². The Labute approximate surface area is 183 Å². The van der Waals surface area contributed by atoms with Gasteiger partial charge in [0.1, 0.15) is 5.75 Å². The van der Waals surface area contributed by atoms with Crippen molar-refractivity contribution in [3.8, 4) is 17.1 Å². The highest BCUT2D eigenvalue weighted by atomic mass is 35.5. The molecule has 8 nitrogen and oxygen atoms in total. The van der Waals surface area contributed by atoms with Gasteiger partial charge in [-0.25, -0.2) is 4.98 Å². The fourth-order valence-electron chi connectivity index (χ4n) is 2.48. The Hall–Kier alpha value is -3.04. The summed E-state index contributed by atoms with van der Waals surface area (Å²) in [5.74, 6) is 0.907. The number of hydrogen-bond donors (Lipinski definition) is 2. The molecule has 10 heteroatoms. The van der Waals surface area contributed by atoms with E-state index in [0.717, 1.165) is 11.3 Å². The van der Waals surface area contributed by atoms with Gasteiger partial charge in [-0.15, -0.1) is 5.10 Å². The molecular formula is C20H20ClN5O3S. The summed E-state index contributed by atoms with van der Waals surface area (Å²) in [6.07, 6.45) is 0. The maximum Gasteiger partial charge on any atom is 0.244 e. The summed E-state index contributed by atoms with van der Waals surface area (Å²) in [5, 5.41) is 10.6. The van der Waals surface area contributed by atoms with Crippen molar-refractivity contribution in [2.45, 2.75) is 5.16 Å². The van der Waals surface area contributed by atoms with Gasteiger partial charge in [0.05, 0.1) is 30.1 Å². The third-order valence-electron chi connectivity index (χ3n) is 4.11. The van der Waals surface area contributed by atoms with Crippen LogP contribution in [0.25, 0.3) is 11.4 Å². The van der Waals surface area contributed by atoms with Crippen LogP contribution in [0.15, 0.2) is 53.7 Å². The molecule has 0 unspecified atom stereocenters. The maximum absolute atomic E-state index is 12.3. The Bertz CT molecular complexity index is 1030. The van der Waals surface area contributed by atoms with Crippen molar-refractivity contribution in [1.29, 1.82) is 0 Å². The first-order chi connectivity index (χ1) is 14.5. The zero-order valence-corrected chi connectivity index (χ0v) is 18.0. The van der Waals surface area contributed by atoms with Crippen LogP contribution < -0.4 is 10.1 Å². The van der Waals surface area contributed by atoms with Crippen molar-refractivity contribution in [3.63, 3.8) is 0 Å². The molecule has 0 radical (unpaired) electrons. The molecule has 2 aromatic carbocycles. The van der Waals surface area contributed by atoms with Gasteiger partial charge in [0.2, 0.25) is 17.0 Å². The molecule has 1 aromatic heterocycles. The number of thioether (sulfide) groups is 1. The highest BCUT2D eigenvalue weighted by Crippen LogP contribution is 2.22. The lowest BCUT2D eigenvalue weighted by molar-refractivity contribution is -0.131. The Morgan fingerprint density at radius 3 is 2.63 bits per heavy atom. The Balaban J connectivity index is 1.49. The molecule has 0 aliphatic carbocycles. The average molecular weight is 446 g/mol. The number of amides is 2. The number of aromatic amines is 1. The highest BCUT2D eigenvalue weighted by molar-refractivity contribution is 7.99. The Kier molecular flexibility index (Phi) is 7.31. The molecule has 2 N–H and O–H groups in total. The van der Waals surface area contributed by atoms with E-state index in [2.05, 4.69) is 20.5 Å². The largest absolute Gasteiger partial charge is 0.497 e. The first kappa shape index (κ1) is 21.7. The summed E-state index contributed by atoms with van der Waals surface area (Å²) in [6.45, 7) is -0.0876. The smallest absolute Gasteiger partial charge is 0.244 e. The number of benzene rings is 2. The SMILES string of the molecule is COc1ccc(-c2nc(SCC(=O)N(C)CC(=O)Nc3ccccc3Cl)n[nH]2)cc1. The molecule has 0 aliphatic rings. The van der Waals surface area contributed by atoms with E-state index in [4.69, 9.17) is 16.3 Å². The second-order valence-corrected chi connectivity index (χ2v) is 7.61. The van der Waals surface area contributed by atoms with Gasteiger partial charge >= 0.3 is 0 Å².